The van der Waals surface area contributed by atoms with Gasteiger partial charge in [0.05, 0.1) is 6.04 Å². The van der Waals surface area contributed by atoms with Crippen molar-refractivity contribution in [3.8, 4) is 0 Å². The molecule has 0 aromatic rings. The van der Waals surface area contributed by atoms with Crippen LogP contribution in [0.5, 0.6) is 0 Å². The quantitative estimate of drug-likeness (QED) is 0.673. The molecule has 13 heavy (non-hydrogen) atoms. The molecule has 0 aromatic heterocycles. The molecular formula is C10H20N2O. The maximum Gasteiger partial charge on any atom is 0.147 e. The van der Waals surface area contributed by atoms with E-state index in [2.05, 4.69) is 11.5 Å². The van der Waals surface area contributed by atoms with Crippen LogP contribution in [0.4, 0.5) is 0 Å². The molecule has 0 amide bonds. The summed E-state index contributed by atoms with van der Waals surface area (Å²) in [6.07, 6.45) is 0.566. The van der Waals surface area contributed by atoms with E-state index in [4.69, 9.17) is 5.73 Å². The largest absolute Gasteiger partial charge is 0.402 e. The molecule has 1 unspecified atom stereocenters. The Morgan fingerprint density at radius 2 is 1.92 bits per heavy atom. The normalized spacial score (nSPS) is 12.9. The van der Waals surface area contributed by atoms with Crippen molar-refractivity contribution >= 4 is 5.78 Å². The number of Topliss-reactive ketones (excluding diaryl/α,β-unsaturated/α-hetero) is 1. The van der Waals surface area contributed by atoms with Gasteiger partial charge in [0, 0.05) is 12.1 Å². The minimum absolute atomic E-state index is 0.0903. The van der Waals surface area contributed by atoms with Crippen LogP contribution in [0.2, 0.25) is 0 Å². The lowest BCUT2D eigenvalue weighted by atomic mass is 10.1. The first-order chi connectivity index (χ1) is 6.02. The van der Waals surface area contributed by atoms with Gasteiger partial charge in [-0.2, -0.15) is 0 Å². The molecule has 0 rings (SSSR count). The van der Waals surface area contributed by atoms with E-state index in [0.717, 1.165) is 13.1 Å². The molecule has 0 spiro atoms. The van der Waals surface area contributed by atoms with Crippen molar-refractivity contribution in [1.29, 1.82) is 0 Å². The average Bonchev–Trinajstić information content (AvgIpc) is 2.04. The lowest BCUT2D eigenvalue weighted by Crippen LogP contribution is -2.40. The summed E-state index contributed by atoms with van der Waals surface area (Å²) in [6, 6.07) is -0.0903. The van der Waals surface area contributed by atoms with E-state index in [0.29, 0.717) is 12.1 Å². The summed E-state index contributed by atoms with van der Waals surface area (Å²) in [5.74, 6) is 0.162. The smallest absolute Gasteiger partial charge is 0.147 e. The third-order valence-electron chi connectivity index (χ3n) is 2.18. The Kier molecular flexibility index (Phi) is 5.39. The van der Waals surface area contributed by atoms with E-state index in [1.165, 1.54) is 0 Å². The maximum atomic E-state index is 11.3. The second kappa shape index (κ2) is 5.75. The fourth-order valence-electron chi connectivity index (χ4n) is 1.44. The predicted molar refractivity (Wildman–Crippen MR) is 55.3 cm³/mol. The second-order valence-corrected chi connectivity index (χ2v) is 3.21. The number of rotatable bonds is 6. The number of carbonyl (C=O) groups excluding carboxylic acids is 1. The molecule has 3 nitrogen and oxygen atoms in total. The molecule has 0 aliphatic heterocycles. The van der Waals surface area contributed by atoms with Gasteiger partial charge in [-0.05, 0) is 20.0 Å². The van der Waals surface area contributed by atoms with Gasteiger partial charge in [-0.15, -0.1) is 0 Å². The van der Waals surface area contributed by atoms with Crippen LogP contribution in [0.3, 0.4) is 0 Å². The van der Waals surface area contributed by atoms with Crippen molar-refractivity contribution in [1.82, 2.24) is 4.90 Å². The second-order valence-electron chi connectivity index (χ2n) is 3.21. The fraction of sp³-hybridized carbons (Fsp3) is 0.700. The number of carbonyl (C=O) groups is 1. The number of likely N-dealkylation sites (N-methyl/N-ethyl adjacent to an activating group) is 1. The van der Waals surface area contributed by atoms with Crippen LogP contribution in [0, 0.1) is 0 Å². The molecule has 76 valence electrons. The van der Waals surface area contributed by atoms with Gasteiger partial charge in [-0.1, -0.05) is 20.4 Å². The van der Waals surface area contributed by atoms with Crippen molar-refractivity contribution < 1.29 is 4.79 Å². The Hall–Kier alpha value is -0.830. The monoisotopic (exact) mass is 184 g/mol. The summed E-state index contributed by atoms with van der Waals surface area (Å²) < 4.78 is 0. The van der Waals surface area contributed by atoms with Gasteiger partial charge in [0.15, 0.2) is 0 Å². The number of nitrogens with two attached hydrogens (primary N) is 1. The minimum Gasteiger partial charge on any atom is -0.402 e. The fourth-order valence-corrected chi connectivity index (χ4v) is 1.44. The molecule has 0 aliphatic rings. The van der Waals surface area contributed by atoms with E-state index < -0.39 is 0 Å². The Morgan fingerprint density at radius 1 is 1.46 bits per heavy atom. The zero-order valence-electron chi connectivity index (χ0n) is 8.84. The SMILES string of the molecule is C=C(N)CC(C(C)=O)N(CC)CC. The zero-order chi connectivity index (χ0) is 10.4. The minimum atomic E-state index is -0.0903. The highest BCUT2D eigenvalue weighted by atomic mass is 16.1. The van der Waals surface area contributed by atoms with Gasteiger partial charge < -0.3 is 5.73 Å². The third-order valence-corrected chi connectivity index (χ3v) is 2.18. The third kappa shape index (κ3) is 4.08. The number of hydrogen-bond acceptors (Lipinski definition) is 3. The van der Waals surface area contributed by atoms with Crippen molar-refractivity contribution in [2.24, 2.45) is 5.73 Å². The van der Waals surface area contributed by atoms with Gasteiger partial charge in [0.25, 0.3) is 0 Å². The Bertz CT molecular complexity index is 185. The van der Waals surface area contributed by atoms with Crippen LogP contribution >= 0.6 is 0 Å². The first-order valence-corrected chi connectivity index (χ1v) is 4.70. The predicted octanol–water partition coefficient (Wildman–Crippen LogP) is 1.15. The van der Waals surface area contributed by atoms with Gasteiger partial charge in [0.1, 0.15) is 5.78 Å². The van der Waals surface area contributed by atoms with E-state index >= 15 is 0 Å². The molecule has 0 fully saturated rings. The van der Waals surface area contributed by atoms with Crippen molar-refractivity contribution in [2.75, 3.05) is 13.1 Å². The topological polar surface area (TPSA) is 46.3 Å². The van der Waals surface area contributed by atoms with Crippen LogP contribution in [0.1, 0.15) is 27.2 Å². The molecule has 0 aromatic carbocycles. The first kappa shape index (κ1) is 12.2. The summed E-state index contributed by atoms with van der Waals surface area (Å²) in [5.41, 5.74) is 6.08. The Balaban J connectivity index is 4.38. The Morgan fingerprint density at radius 3 is 2.15 bits per heavy atom. The summed E-state index contributed by atoms with van der Waals surface area (Å²) >= 11 is 0. The summed E-state index contributed by atoms with van der Waals surface area (Å²) in [7, 11) is 0. The van der Waals surface area contributed by atoms with Crippen LogP contribution in [-0.2, 0) is 4.79 Å². The van der Waals surface area contributed by atoms with Crippen molar-refractivity contribution in [3.05, 3.63) is 12.3 Å². The van der Waals surface area contributed by atoms with E-state index in [1.54, 1.807) is 6.92 Å². The van der Waals surface area contributed by atoms with Gasteiger partial charge in [-0.25, -0.2) is 0 Å². The summed E-state index contributed by atoms with van der Waals surface area (Å²) in [4.78, 5) is 13.4. The van der Waals surface area contributed by atoms with Gasteiger partial charge in [-0.3, -0.25) is 9.69 Å². The van der Waals surface area contributed by atoms with Crippen molar-refractivity contribution in [2.45, 2.75) is 33.2 Å². The number of hydrogen-bond donors (Lipinski definition) is 1. The lowest BCUT2D eigenvalue weighted by Gasteiger charge is -2.27. The first-order valence-electron chi connectivity index (χ1n) is 4.70. The van der Waals surface area contributed by atoms with E-state index in [9.17, 15) is 4.79 Å². The molecule has 0 saturated heterocycles. The van der Waals surface area contributed by atoms with Gasteiger partial charge in [0.2, 0.25) is 0 Å². The molecule has 1 atom stereocenters. The van der Waals surface area contributed by atoms with Crippen molar-refractivity contribution in [3.63, 3.8) is 0 Å². The van der Waals surface area contributed by atoms with Crippen LogP contribution in [-0.4, -0.2) is 29.8 Å². The Labute approximate surface area is 80.6 Å². The zero-order valence-corrected chi connectivity index (χ0v) is 8.84. The van der Waals surface area contributed by atoms with E-state index in [1.807, 2.05) is 13.8 Å². The van der Waals surface area contributed by atoms with Crippen LogP contribution < -0.4 is 5.73 Å². The molecular weight excluding hydrogens is 164 g/mol. The molecule has 0 aliphatic carbocycles. The summed E-state index contributed by atoms with van der Waals surface area (Å²) in [6.45, 7) is 11.0. The highest BCUT2D eigenvalue weighted by molar-refractivity contribution is 5.81. The molecule has 0 radical (unpaired) electrons. The molecule has 3 heteroatoms. The van der Waals surface area contributed by atoms with Gasteiger partial charge >= 0.3 is 0 Å². The van der Waals surface area contributed by atoms with Crippen LogP contribution in [0.15, 0.2) is 12.3 Å². The number of ketones is 1. The molecule has 0 bridgehead atoms. The molecule has 0 saturated carbocycles. The maximum absolute atomic E-state index is 11.3. The average molecular weight is 184 g/mol. The van der Waals surface area contributed by atoms with E-state index in [-0.39, 0.29) is 11.8 Å². The lowest BCUT2D eigenvalue weighted by molar-refractivity contribution is -0.122. The standard InChI is InChI=1S/C10H20N2O/c1-5-12(6-2)10(9(4)13)7-8(3)11/h10H,3,5-7,11H2,1-2,4H3. The molecule has 2 N–H and O–H groups in total. The highest BCUT2D eigenvalue weighted by Gasteiger charge is 2.20. The summed E-state index contributed by atoms with van der Waals surface area (Å²) in [5, 5.41) is 0. The van der Waals surface area contributed by atoms with Crippen LogP contribution in [0.25, 0.3) is 0 Å². The highest BCUT2D eigenvalue weighted by Crippen LogP contribution is 2.08. The molecule has 0 heterocycles. The number of nitrogens with zero attached hydrogens (tertiary/aromatic N) is 1.